The highest BCUT2D eigenvalue weighted by molar-refractivity contribution is 5.86. The molecule has 1 aromatic carbocycles. The van der Waals surface area contributed by atoms with Gasteiger partial charge in [-0.3, -0.25) is 9.59 Å². The summed E-state index contributed by atoms with van der Waals surface area (Å²) in [6, 6.07) is 7.00. The van der Waals surface area contributed by atoms with Gasteiger partial charge in [-0.25, -0.2) is 15.1 Å². The first-order chi connectivity index (χ1) is 18.2. The Hall–Kier alpha value is -4.23. The number of anilines is 1. The van der Waals surface area contributed by atoms with Gasteiger partial charge in [-0.15, -0.1) is 0 Å². The van der Waals surface area contributed by atoms with Crippen LogP contribution in [0.3, 0.4) is 0 Å². The number of aromatic nitrogens is 5. The number of nitrogens with one attached hydrogen (secondary N) is 1. The first-order valence-corrected chi connectivity index (χ1v) is 11.7. The summed E-state index contributed by atoms with van der Waals surface area (Å²) in [4.78, 5) is 31.0. The van der Waals surface area contributed by atoms with Crippen LogP contribution in [0.1, 0.15) is 43.0 Å². The number of nitrogens with two attached hydrogens (primary N) is 1. The minimum atomic E-state index is -4.74. The molecule has 0 fully saturated rings. The summed E-state index contributed by atoms with van der Waals surface area (Å²) >= 11 is 0. The van der Waals surface area contributed by atoms with Gasteiger partial charge in [-0.05, 0) is 36.9 Å². The van der Waals surface area contributed by atoms with E-state index in [1.54, 1.807) is 27.9 Å². The van der Waals surface area contributed by atoms with Crippen molar-refractivity contribution in [2.75, 3.05) is 5.73 Å². The number of fused-ring (bicyclic) bond motifs is 1. The number of alkyl halides is 6. The predicted molar refractivity (Wildman–Crippen MR) is 133 cm³/mol. The molecule has 39 heavy (non-hydrogen) atoms. The van der Waals surface area contributed by atoms with Crippen LogP contribution in [0.15, 0.2) is 52.4 Å². The lowest BCUT2D eigenvalue weighted by Crippen LogP contribution is -2.24. The van der Waals surface area contributed by atoms with E-state index in [9.17, 15) is 35.9 Å². The minimum Gasteiger partial charge on any atom is -0.397 e. The number of pyridine rings is 1. The van der Waals surface area contributed by atoms with Crippen LogP contribution < -0.4 is 16.9 Å². The summed E-state index contributed by atoms with van der Waals surface area (Å²) in [5, 5.41) is 6.04. The van der Waals surface area contributed by atoms with Crippen molar-refractivity contribution < 1.29 is 26.3 Å². The number of hydrogen-bond donors (Lipinski definition) is 2. The molecule has 0 atom stereocenters. The monoisotopic (exact) mass is 554 g/mol. The molecular weight excluding hydrogens is 530 g/mol. The molecule has 0 unspecified atom stereocenters. The number of nitrogens with zero attached hydrogens (tertiary/aromatic N) is 4. The van der Waals surface area contributed by atoms with Gasteiger partial charge in [-0.1, -0.05) is 25.8 Å². The fourth-order valence-electron chi connectivity index (χ4n) is 3.75. The first kappa shape index (κ1) is 29.3. The first-order valence-electron chi connectivity index (χ1n) is 11.7. The highest BCUT2D eigenvalue weighted by atomic mass is 19.4. The van der Waals surface area contributed by atoms with Gasteiger partial charge in [0.1, 0.15) is 5.56 Å². The van der Waals surface area contributed by atoms with E-state index in [1.807, 2.05) is 13.0 Å². The van der Waals surface area contributed by atoms with Crippen molar-refractivity contribution in [2.45, 2.75) is 52.0 Å². The van der Waals surface area contributed by atoms with Crippen LogP contribution in [-0.4, -0.2) is 24.7 Å². The molecule has 8 nitrogen and oxygen atoms in total. The Kier molecular flexibility index (Phi) is 8.77. The van der Waals surface area contributed by atoms with Gasteiger partial charge in [0.2, 0.25) is 0 Å². The molecule has 14 heteroatoms. The number of H-pyrrole nitrogens is 1. The van der Waals surface area contributed by atoms with Crippen LogP contribution in [0.5, 0.6) is 0 Å². The number of nitrogen functional groups attached to an aromatic ring is 1. The van der Waals surface area contributed by atoms with E-state index in [2.05, 4.69) is 22.0 Å². The van der Waals surface area contributed by atoms with E-state index in [1.165, 1.54) is 0 Å². The van der Waals surface area contributed by atoms with E-state index in [-0.39, 0.29) is 11.4 Å². The Labute approximate surface area is 217 Å². The Morgan fingerprint density at radius 2 is 1.62 bits per heavy atom. The summed E-state index contributed by atoms with van der Waals surface area (Å²) in [5.41, 5.74) is 1.97. The number of aryl methyl sites for hydroxylation is 1. The molecule has 0 aliphatic carbocycles. The lowest BCUT2D eigenvalue weighted by atomic mass is 10.1. The molecule has 0 saturated carbocycles. The summed E-state index contributed by atoms with van der Waals surface area (Å²) < 4.78 is 75.7. The third-order valence-corrected chi connectivity index (χ3v) is 5.71. The van der Waals surface area contributed by atoms with Crippen LogP contribution in [0.2, 0.25) is 0 Å². The van der Waals surface area contributed by atoms with Gasteiger partial charge in [-0.2, -0.15) is 31.4 Å². The van der Waals surface area contributed by atoms with Gasteiger partial charge in [0.25, 0.3) is 11.1 Å². The van der Waals surface area contributed by atoms with Crippen molar-refractivity contribution in [3.8, 4) is 11.4 Å². The maximum Gasteiger partial charge on any atom is 0.423 e. The van der Waals surface area contributed by atoms with Crippen molar-refractivity contribution in [3.63, 3.8) is 0 Å². The van der Waals surface area contributed by atoms with Gasteiger partial charge < -0.3 is 10.3 Å². The van der Waals surface area contributed by atoms with Crippen molar-refractivity contribution in [1.82, 2.24) is 24.7 Å². The normalized spacial score (nSPS) is 11.8. The molecule has 0 radical (unpaired) electrons. The molecule has 0 aliphatic heterocycles. The lowest BCUT2D eigenvalue weighted by Gasteiger charge is -2.12. The van der Waals surface area contributed by atoms with E-state index in [0.717, 1.165) is 48.9 Å². The molecule has 4 aromatic rings. The van der Waals surface area contributed by atoms with Crippen LogP contribution in [0.25, 0.3) is 22.2 Å². The second kappa shape index (κ2) is 11.7. The molecule has 0 aliphatic rings. The van der Waals surface area contributed by atoms with Crippen molar-refractivity contribution >= 4 is 16.5 Å². The van der Waals surface area contributed by atoms with Crippen LogP contribution >= 0.6 is 0 Å². The molecule has 3 heterocycles. The van der Waals surface area contributed by atoms with Crippen LogP contribution in [0, 0.1) is 6.92 Å². The fourth-order valence-corrected chi connectivity index (χ4v) is 3.75. The summed E-state index contributed by atoms with van der Waals surface area (Å²) in [7, 11) is 0. The third kappa shape index (κ3) is 7.00. The Balaban J connectivity index is 0.000000293. The maximum absolute atomic E-state index is 12.8. The smallest absolute Gasteiger partial charge is 0.397 e. The summed E-state index contributed by atoms with van der Waals surface area (Å²) in [5.74, 6) is 0.190. The molecule has 0 amide bonds. The van der Waals surface area contributed by atoms with Gasteiger partial charge in [0.15, 0.2) is 5.82 Å². The standard InChI is InChI=1S/C20H20F3N3O.C5H4F3N3O/c1-3-4-5-8-26-13(2)9-15-10-14(6-7-17(15)19(26)27)18-24-11-16(12-25-18)20(21,22)23;6-5(7,8)3-2(9)1-10-11-4(3)12/h6-7,9-12H,3-5,8H2,1-2H3;1H,(H3,9,11,12). The molecule has 4 rings (SSSR count). The molecule has 0 bridgehead atoms. The summed E-state index contributed by atoms with van der Waals surface area (Å²) in [6.45, 7) is 4.67. The molecule has 3 N–H and O–H groups in total. The number of halogens is 6. The van der Waals surface area contributed by atoms with Gasteiger partial charge in [0.05, 0.1) is 17.4 Å². The Morgan fingerprint density at radius 1 is 0.949 bits per heavy atom. The molecule has 208 valence electrons. The zero-order valence-corrected chi connectivity index (χ0v) is 20.8. The molecule has 0 spiro atoms. The van der Waals surface area contributed by atoms with E-state index < -0.39 is 34.7 Å². The largest absolute Gasteiger partial charge is 0.423 e. The summed E-state index contributed by atoms with van der Waals surface area (Å²) in [6.07, 6.45) is -3.84. The van der Waals surface area contributed by atoms with Gasteiger partial charge in [0, 0.05) is 35.6 Å². The average molecular weight is 554 g/mol. The SMILES string of the molecule is CCCCCn1c(C)cc2cc(-c3ncc(C(F)(F)F)cn3)ccc2c1=O.Nc1cn[nH]c(=O)c1C(F)(F)F. The zero-order chi connectivity index (χ0) is 29.0. The number of benzene rings is 1. The average Bonchev–Trinajstić information content (AvgIpc) is 2.85. The third-order valence-electron chi connectivity index (χ3n) is 5.71. The molecular formula is C25H24F6N6O2. The van der Waals surface area contributed by atoms with E-state index in [0.29, 0.717) is 17.5 Å². The maximum atomic E-state index is 12.8. The lowest BCUT2D eigenvalue weighted by molar-refractivity contribution is -0.138. The fraction of sp³-hybridized carbons (Fsp3) is 0.320. The number of aromatic amines is 1. The number of unbranched alkanes of at least 4 members (excludes halogenated alkanes) is 2. The highest BCUT2D eigenvalue weighted by Crippen LogP contribution is 2.30. The number of rotatable bonds is 5. The minimum absolute atomic E-state index is 0.0546. The molecule has 0 saturated heterocycles. The zero-order valence-electron chi connectivity index (χ0n) is 20.8. The Morgan fingerprint density at radius 3 is 2.15 bits per heavy atom. The van der Waals surface area contributed by atoms with Crippen molar-refractivity contribution in [3.05, 3.63) is 80.4 Å². The second-order valence-electron chi connectivity index (χ2n) is 8.57. The van der Waals surface area contributed by atoms with Crippen LogP contribution in [0.4, 0.5) is 32.0 Å². The molecule has 3 aromatic heterocycles. The Bertz CT molecular complexity index is 1560. The topological polar surface area (TPSA) is 120 Å². The quantitative estimate of drug-likeness (QED) is 0.254. The van der Waals surface area contributed by atoms with E-state index >= 15 is 0 Å². The highest BCUT2D eigenvalue weighted by Gasteiger charge is 2.36. The number of hydrogen-bond acceptors (Lipinski definition) is 6. The predicted octanol–water partition coefficient (Wildman–Crippen LogP) is 5.35. The second-order valence-corrected chi connectivity index (χ2v) is 8.57. The van der Waals surface area contributed by atoms with E-state index in [4.69, 9.17) is 5.73 Å². The van der Waals surface area contributed by atoms with Crippen molar-refractivity contribution in [2.24, 2.45) is 0 Å². The van der Waals surface area contributed by atoms with Crippen molar-refractivity contribution in [1.29, 1.82) is 0 Å². The van der Waals surface area contributed by atoms with Gasteiger partial charge >= 0.3 is 12.4 Å². The van der Waals surface area contributed by atoms with Crippen LogP contribution in [-0.2, 0) is 18.9 Å².